The Morgan fingerprint density at radius 1 is 1.50 bits per heavy atom. The highest BCUT2D eigenvalue weighted by Crippen LogP contribution is 2.24. The Kier molecular flexibility index (Phi) is 3.66. The summed E-state index contributed by atoms with van der Waals surface area (Å²) >= 11 is 4.81. The zero-order valence-corrected chi connectivity index (χ0v) is 11.5. The van der Waals surface area contributed by atoms with Crippen molar-refractivity contribution < 1.29 is 9.53 Å². The van der Waals surface area contributed by atoms with Crippen LogP contribution in [0.5, 0.6) is 0 Å². The van der Waals surface area contributed by atoms with Crippen molar-refractivity contribution in [3.05, 3.63) is 20.8 Å². The van der Waals surface area contributed by atoms with E-state index in [1.807, 2.05) is 12.1 Å². The van der Waals surface area contributed by atoms with Crippen molar-refractivity contribution in [3.8, 4) is 0 Å². The summed E-state index contributed by atoms with van der Waals surface area (Å²) < 4.78 is 6.28. The minimum atomic E-state index is -0.119. The lowest BCUT2D eigenvalue weighted by molar-refractivity contribution is 0.0424. The van der Waals surface area contributed by atoms with E-state index in [0.29, 0.717) is 0 Å². The molecule has 1 aliphatic rings. The van der Waals surface area contributed by atoms with Gasteiger partial charge in [-0.1, -0.05) is 0 Å². The average Bonchev–Trinajstić information content (AvgIpc) is 2.65. The first-order chi connectivity index (χ1) is 7.59. The lowest BCUT2D eigenvalue weighted by Crippen LogP contribution is -2.49. The van der Waals surface area contributed by atoms with Crippen molar-refractivity contribution in [2.45, 2.75) is 25.3 Å². The summed E-state index contributed by atoms with van der Waals surface area (Å²) in [7, 11) is 0. The molecule has 0 radical (unpaired) electrons. The van der Waals surface area contributed by atoms with Crippen LogP contribution in [0.1, 0.15) is 29.4 Å². The summed E-state index contributed by atoms with van der Waals surface area (Å²) in [6.07, 6.45) is 1.76. The highest BCUT2D eigenvalue weighted by Gasteiger charge is 2.29. The maximum absolute atomic E-state index is 12.0. The molecule has 0 atom stereocenters. The first-order valence-electron chi connectivity index (χ1n) is 5.25. The number of rotatable bonds is 2. The first-order valence-corrected chi connectivity index (χ1v) is 6.86. The van der Waals surface area contributed by atoms with Crippen molar-refractivity contribution in [2.75, 3.05) is 13.2 Å². The summed E-state index contributed by atoms with van der Waals surface area (Å²) in [5.74, 6) is 0.0140. The molecule has 0 aromatic carbocycles. The van der Waals surface area contributed by atoms with Crippen molar-refractivity contribution in [1.29, 1.82) is 0 Å². The molecule has 1 saturated heterocycles. The van der Waals surface area contributed by atoms with Crippen molar-refractivity contribution >= 4 is 33.2 Å². The summed E-state index contributed by atoms with van der Waals surface area (Å²) in [4.78, 5) is 12.7. The van der Waals surface area contributed by atoms with Gasteiger partial charge in [-0.25, -0.2) is 0 Å². The lowest BCUT2D eigenvalue weighted by atomic mass is 9.92. The van der Waals surface area contributed by atoms with Crippen LogP contribution in [-0.2, 0) is 4.74 Å². The van der Waals surface area contributed by atoms with Crippen LogP contribution in [0.15, 0.2) is 15.9 Å². The average molecular weight is 304 g/mol. The summed E-state index contributed by atoms with van der Waals surface area (Å²) in [5.41, 5.74) is -0.119. The van der Waals surface area contributed by atoms with Crippen LogP contribution in [0.3, 0.4) is 0 Å². The Balaban J connectivity index is 2.01. The molecule has 1 amide bonds. The summed E-state index contributed by atoms with van der Waals surface area (Å²) in [6.45, 7) is 3.53. The SMILES string of the molecule is CC1(NC(=O)c2ccc(Br)s2)CCOCC1. The number of carbonyl (C=O) groups excluding carboxylic acids is 1. The smallest absolute Gasteiger partial charge is 0.261 e. The van der Waals surface area contributed by atoms with Gasteiger partial charge in [-0.2, -0.15) is 0 Å². The second kappa shape index (κ2) is 4.85. The third kappa shape index (κ3) is 2.84. The van der Waals surface area contributed by atoms with E-state index in [9.17, 15) is 4.79 Å². The van der Waals surface area contributed by atoms with Crippen LogP contribution in [0, 0.1) is 0 Å². The second-order valence-corrected chi connectivity index (χ2v) is 6.69. The molecule has 5 heteroatoms. The van der Waals surface area contributed by atoms with E-state index in [4.69, 9.17) is 4.74 Å². The molecular weight excluding hydrogens is 290 g/mol. The van der Waals surface area contributed by atoms with Crippen LogP contribution in [0.2, 0.25) is 0 Å². The van der Waals surface area contributed by atoms with Gasteiger partial charge in [-0.05, 0) is 47.8 Å². The number of hydrogen-bond acceptors (Lipinski definition) is 3. The molecule has 0 unspecified atom stereocenters. The first kappa shape index (κ1) is 12.1. The third-order valence-corrected chi connectivity index (χ3v) is 4.43. The van der Waals surface area contributed by atoms with Gasteiger partial charge in [0.25, 0.3) is 5.91 Å². The van der Waals surface area contributed by atoms with E-state index in [-0.39, 0.29) is 11.4 Å². The molecule has 0 spiro atoms. The molecule has 88 valence electrons. The zero-order chi connectivity index (χ0) is 11.6. The zero-order valence-electron chi connectivity index (χ0n) is 9.09. The topological polar surface area (TPSA) is 38.3 Å². The Hall–Kier alpha value is -0.390. The van der Waals surface area contributed by atoms with Gasteiger partial charge in [0.05, 0.1) is 8.66 Å². The molecule has 1 aliphatic heterocycles. The van der Waals surface area contributed by atoms with Crippen LogP contribution in [0.25, 0.3) is 0 Å². The lowest BCUT2D eigenvalue weighted by Gasteiger charge is -2.34. The highest BCUT2D eigenvalue weighted by atomic mass is 79.9. The number of ether oxygens (including phenoxy) is 1. The fourth-order valence-electron chi connectivity index (χ4n) is 1.72. The van der Waals surface area contributed by atoms with Crippen LogP contribution >= 0.6 is 27.3 Å². The standard InChI is InChI=1S/C11H14BrNO2S/c1-11(4-6-15-7-5-11)13-10(14)8-2-3-9(12)16-8/h2-3H,4-7H2,1H3,(H,13,14). The molecule has 2 heterocycles. The minimum absolute atomic E-state index is 0.0140. The third-order valence-electron chi connectivity index (χ3n) is 2.81. The Labute approximate surface area is 107 Å². The molecule has 0 saturated carbocycles. The molecule has 1 fully saturated rings. The quantitative estimate of drug-likeness (QED) is 0.912. The molecule has 3 nitrogen and oxygen atoms in total. The van der Waals surface area contributed by atoms with E-state index in [1.54, 1.807) is 0 Å². The molecule has 0 aliphatic carbocycles. The van der Waals surface area contributed by atoms with E-state index in [1.165, 1.54) is 11.3 Å². The molecule has 2 rings (SSSR count). The highest BCUT2D eigenvalue weighted by molar-refractivity contribution is 9.11. The minimum Gasteiger partial charge on any atom is -0.381 e. The summed E-state index contributed by atoms with van der Waals surface area (Å²) in [5, 5.41) is 3.10. The van der Waals surface area contributed by atoms with Crippen LogP contribution in [-0.4, -0.2) is 24.7 Å². The van der Waals surface area contributed by atoms with E-state index in [0.717, 1.165) is 34.7 Å². The fraction of sp³-hybridized carbons (Fsp3) is 0.545. The molecule has 1 aromatic heterocycles. The van der Waals surface area contributed by atoms with Gasteiger partial charge in [0.2, 0.25) is 0 Å². The largest absolute Gasteiger partial charge is 0.381 e. The number of carbonyl (C=O) groups is 1. The summed E-state index contributed by atoms with van der Waals surface area (Å²) in [6, 6.07) is 3.73. The van der Waals surface area contributed by atoms with Crippen molar-refractivity contribution in [3.63, 3.8) is 0 Å². The Bertz CT molecular complexity index is 385. The van der Waals surface area contributed by atoms with Crippen molar-refractivity contribution in [2.24, 2.45) is 0 Å². The Morgan fingerprint density at radius 3 is 2.75 bits per heavy atom. The molecule has 16 heavy (non-hydrogen) atoms. The molecule has 0 bridgehead atoms. The number of amides is 1. The maximum Gasteiger partial charge on any atom is 0.261 e. The predicted octanol–water partition coefficient (Wildman–Crippen LogP) is 2.81. The van der Waals surface area contributed by atoms with Gasteiger partial charge in [0.1, 0.15) is 0 Å². The monoisotopic (exact) mass is 303 g/mol. The van der Waals surface area contributed by atoms with Gasteiger partial charge < -0.3 is 10.1 Å². The van der Waals surface area contributed by atoms with Crippen molar-refractivity contribution in [1.82, 2.24) is 5.32 Å². The van der Waals surface area contributed by atoms with Gasteiger partial charge in [-0.15, -0.1) is 11.3 Å². The van der Waals surface area contributed by atoms with Gasteiger partial charge in [0.15, 0.2) is 0 Å². The fourth-order valence-corrected chi connectivity index (χ4v) is 3.00. The molecule has 1 N–H and O–H groups in total. The molecule has 1 aromatic rings. The number of thiophene rings is 1. The van der Waals surface area contributed by atoms with E-state index in [2.05, 4.69) is 28.2 Å². The normalized spacial score (nSPS) is 19.4. The Morgan fingerprint density at radius 2 is 2.19 bits per heavy atom. The van der Waals surface area contributed by atoms with E-state index >= 15 is 0 Å². The van der Waals surface area contributed by atoms with Gasteiger partial charge in [-0.3, -0.25) is 4.79 Å². The number of nitrogens with one attached hydrogen (secondary N) is 1. The number of hydrogen-bond donors (Lipinski definition) is 1. The van der Waals surface area contributed by atoms with Crippen LogP contribution < -0.4 is 5.32 Å². The second-order valence-electron chi connectivity index (χ2n) is 4.23. The molecular formula is C11H14BrNO2S. The van der Waals surface area contributed by atoms with E-state index < -0.39 is 0 Å². The maximum atomic E-state index is 12.0. The van der Waals surface area contributed by atoms with Crippen LogP contribution in [0.4, 0.5) is 0 Å². The predicted molar refractivity (Wildman–Crippen MR) is 67.9 cm³/mol. The van der Waals surface area contributed by atoms with Gasteiger partial charge >= 0.3 is 0 Å². The van der Waals surface area contributed by atoms with Gasteiger partial charge in [0, 0.05) is 18.8 Å². The number of halogens is 1.